The van der Waals surface area contributed by atoms with Crippen LogP contribution in [0.1, 0.15) is 0 Å². The maximum absolute atomic E-state index is 5.38. The number of rotatable bonds is 3. The van der Waals surface area contributed by atoms with Gasteiger partial charge >= 0.3 is 0 Å². The van der Waals surface area contributed by atoms with E-state index in [2.05, 4.69) is 5.10 Å². The van der Waals surface area contributed by atoms with Crippen molar-refractivity contribution in [2.45, 2.75) is 0 Å². The number of fused-ring (bicyclic) bond motifs is 1. The van der Waals surface area contributed by atoms with Crippen LogP contribution in [0.15, 0.2) is 23.3 Å². The fourth-order valence-electron chi connectivity index (χ4n) is 1.16. The van der Waals surface area contributed by atoms with Crippen LogP contribution in [0.25, 0.3) is 0 Å². The van der Waals surface area contributed by atoms with Gasteiger partial charge in [-0.15, -0.1) is 0 Å². The summed E-state index contributed by atoms with van der Waals surface area (Å²) < 4.78 is 15.7. The molecule has 0 unspecified atom stereocenters. The summed E-state index contributed by atoms with van der Waals surface area (Å²) in [4.78, 5) is 0. The molecule has 0 spiro atoms. The molecule has 80 valence electrons. The van der Waals surface area contributed by atoms with Gasteiger partial charge in [-0.2, -0.15) is 5.10 Å². The van der Waals surface area contributed by atoms with Crippen molar-refractivity contribution in [2.24, 2.45) is 16.7 Å². The molecule has 0 saturated heterocycles. The van der Waals surface area contributed by atoms with Gasteiger partial charge in [0.05, 0.1) is 0 Å². The first-order chi connectivity index (χ1) is 7.29. The molecule has 6 nitrogen and oxygen atoms in total. The predicted octanol–water partition coefficient (Wildman–Crippen LogP) is 0.0250. The van der Waals surface area contributed by atoms with E-state index in [1.54, 1.807) is 18.2 Å². The summed E-state index contributed by atoms with van der Waals surface area (Å²) in [6, 6.07) is 5.26. The van der Waals surface area contributed by atoms with Crippen molar-refractivity contribution in [1.29, 1.82) is 0 Å². The Kier molecular flexibility index (Phi) is 2.49. The van der Waals surface area contributed by atoms with E-state index in [0.29, 0.717) is 17.2 Å². The van der Waals surface area contributed by atoms with Crippen molar-refractivity contribution in [3.05, 3.63) is 18.2 Å². The number of nitrogens with two attached hydrogens (primary N) is 2. The molecule has 4 N–H and O–H groups in total. The van der Waals surface area contributed by atoms with Crippen molar-refractivity contribution < 1.29 is 14.2 Å². The highest BCUT2D eigenvalue weighted by molar-refractivity contribution is 5.81. The SMILES string of the molecule is N/N=C(\N)COc1ccc2c(c1)OCO2. The molecule has 0 fully saturated rings. The molecule has 0 atom stereocenters. The number of hydrogen-bond donors (Lipinski definition) is 2. The third-order valence-corrected chi connectivity index (χ3v) is 1.90. The van der Waals surface area contributed by atoms with Gasteiger partial charge in [0.1, 0.15) is 12.4 Å². The highest BCUT2D eigenvalue weighted by Crippen LogP contribution is 2.34. The Morgan fingerprint density at radius 1 is 1.40 bits per heavy atom. The largest absolute Gasteiger partial charge is 0.485 e. The lowest BCUT2D eigenvalue weighted by Crippen LogP contribution is -2.22. The Hall–Kier alpha value is -2.11. The summed E-state index contributed by atoms with van der Waals surface area (Å²) in [5.74, 6) is 7.20. The molecular weight excluding hydrogens is 198 g/mol. The Balaban J connectivity index is 2.04. The third kappa shape index (κ3) is 2.04. The molecule has 1 aliphatic heterocycles. The van der Waals surface area contributed by atoms with Crippen LogP contribution in [0.5, 0.6) is 17.2 Å². The van der Waals surface area contributed by atoms with E-state index in [0.717, 1.165) is 0 Å². The Bertz CT molecular complexity index is 392. The lowest BCUT2D eigenvalue weighted by Gasteiger charge is -2.05. The van der Waals surface area contributed by atoms with E-state index < -0.39 is 0 Å². The normalized spacial score (nSPS) is 14.0. The molecule has 0 amide bonds. The minimum absolute atomic E-state index is 0.149. The minimum Gasteiger partial charge on any atom is -0.485 e. The molecule has 1 aromatic rings. The highest BCUT2D eigenvalue weighted by Gasteiger charge is 2.13. The second kappa shape index (κ2) is 3.95. The monoisotopic (exact) mass is 209 g/mol. The van der Waals surface area contributed by atoms with Gasteiger partial charge < -0.3 is 25.8 Å². The summed E-state index contributed by atoms with van der Waals surface area (Å²) in [5, 5.41) is 3.29. The van der Waals surface area contributed by atoms with Crippen LogP contribution in [0.4, 0.5) is 0 Å². The first-order valence-corrected chi connectivity index (χ1v) is 4.34. The zero-order valence-electron chi connectivity index (χ0n) is 7.97. The van der Waals surface area contributed by atoms with Gasteiger partial charge in [-0.3, -0.25) is 0 Å². The van der Waals surface area contributed by atoms with Crippen LogP contribution in [-0.2, 0) is 0 Å². The maximum atomic E-state index is 5.38. The minimum atomic E-state index is 0.149. The standard InChI is InChI=1S/C9H11N3O3/c10-9(12-11)4-13-6-1-2-7-8(3-6)15-5-14-7/h1-3H,4-5,11H2,(H2,10,12). The maximum Gasteiger partial charge on any atom is 0.231 e. The summed E-state index contributed by atoms with van der Waals surface area (Å²) >= 11 is 0. The second-order valence-corrected chi connectivity index (χ2v) is 2.92. The van der Waals surface area contributed by atoms with Crippen molar-refractivity contribution in [3.8, 4) is 17.2 Å². The first-order valence-electron chi connectivity index (χ1n) is 4.34. The molecule has 1 aromatic carbocycles. The average molecular weight is 209 g/mol. The molecule has 0 radical (unpaired) electrons. The number of amidine groups is 1. The van der Waals surface area contributed by atoms with E-state index >= 15 is 0 Å². The van der Waals surface area contributed by atoms with Crippen LogP contribution in [0.3, 0.4) is 0 Å². The van der Waals surface area contributed by atoms with E-state index in [9.17, 15) is 0 Å². The van der Waals surface area contributed by atoms with Gasteiger partial charge in [-0.05, 0) is 12.1 Å². The molecule has 1 heterocycles. The fourth-order valence-corrected chi connectivity index (χ4v) is 1.16. The van der Waals surface area contributed by atoms with Crippen LogP contribution in [0, 0.1) is 0 Å². The molecular formula is C9H11N3O3. The summed E-state index contributed by atoms with van der Waals surface area (Å²) in [5.41, 5.74) is 5.38. The van der Waals surface area contributed by atoms with E-state index in [1.165, 1.54) is 0 Å². The molecule has 6 heteroatoms. The van der Waals surface area contributed by atoms with Crippen molar-refractivity contribution in [3.63, 3.8) is 0 Å². The summed E-state index contributed by atoms with van der Waals surface area (Å²) in [6.07, 6.45) is 0. The first kappa shape index (κ1) is 9.45. The molecule has 0 aromatic heterocycles. The Morgan fingerprint density at radius 3 is 3.00 bits per heavy atom. The molecule has 2 rings (SSSR count). The van der Waals surface area contributed by atoms with Crippen LogP contribution >= 0.6 is 0 Å². The fraction of sp³-hybridized carbons (Fsp3) is 0.222. The van der Waals surface area contributed by atoms with Crippen LogP contribution in [0.2, 0.25) is 0 Å². The van der Waals surface area contributed by atoms with Crippen molar-refractivity contribution >= 4 is 5.84 Å². The predicted molar refractivity (Wildman–Crippen MR) is 53.9 cm³/mol. The summed E-state index contributed by atoms with van der Waals surface area (Å²) in [7, 11) is 0. The van der Waals surface area contributed by atoms with E-state index in [1.807, 2.05) is 0 Å². The zero-order valence-corrected chi connectivity index (χ0v) is 7.97. The number of ether oxygens (including phenoxy) is 3. The molecule has 15 heavy (non-hydrogen) atoms. The molecule has 0 saturated carbocycles. The van der Waals surface area contributed by atoms with E-state index in [4.69, 9.17) is 25.8 Å². The topological polar surface area (TPSA) is 92.1 Å². The molecule has 0 bridgehead atoms. The number of benzene rings is 1. The van der Waals surface area contributed by atoms with Crippen LogP contribution in [-0.4, -0.2) is 19.2 Å². The Morgan fingerprint density at radius 2 is 2.20 bits per heavy atom. The van der Waals surface area contributed by atoms with Gasteiger partial charge in [0, 0.05) is 6.07 Å². The van der Waals surface area contributed by atoms with Crippen molar-refractivity contribution in [1.82, 2.24) is 0 Å². The number of nitrogens with zero attached hydrogens (tertiary/aromatic N) is 1. The molecule has 0 aliphatic carbocycles. The van der Waals surface area contributed by atoms with Crippen molar-refractivity contribution in [2.75, 3.05) is 13.4 Å². The van der Waals surface area contributed by atoms with Gasteiger partial charge in [-0.1, -0.05) is 0 Å². The van der Waals surface area contributed by atoms with E-state index in [-0.39, 0.29) is 19.2 Å². The number of hydrogen-bond acceptors (Lipinski definition) is 5. The van der Waals surface area contributed by atoms with Gasteiger partial charge in [0.15, 0.2) is 17.3 Å². The molecule has 1 aliphatic rings. The number of hydrazone groups is 1. The van der Waals surface area contributed by atoms with Crippen LogP contribution < -0.4 is 25.8 Å². The zero-order chi connectivity index (χ0) is 10.7. The third-order valence-electron chi connectivity index (χ3n) is 1.90. The summed E-state index contributed by atoms with van der Waals surface area (Å²) in [6.45, 7) is 0.390. The highest BCUT2D eigenvalue weighted by atomic mass is 16.7. The quantitative estimate of drug-likeness (QED) is 0.317. The lowest BCUT2D eigenvalue weighted by atomic mass is 10.3. The average Bonchev–Trinajstić information content (AvgIpc) is 2.72. The second-order valence-electron chi connectivity index (χ2n) is 2.92. The Labute approximate surface area is 86.4 Å². The van der Waals surface area contributed by atoms with Gasteiger partial charge in [-0.25, -0.2) is 0 Å². The van der Waals surface area contributed by atoms with Gasteiger partial charge in [0.2, 0.25) is 6.79 Å². The smallest absolute Gasteiger partial charge is 0.231 e. The lowest BCUT2D eigenvalue weighted by molar-refractivity contribution is 0.174. The van der Waals surface area contributed by atoms with Gasteiger partial charge in [0.25, 0.3) is 0 Å².